The molecule has 0 aromatic heterocycles. The molecule has 1 saturated carbocycles. The molecule has 2 fully saturated rings. The van der Waals surface area contributed by atoms with Crippen molar-refractivity contribution in [3.8, 4) is 0 Å². The molecule has 1 aliphatic heterocycles. The smallest absolute Gasteiger partial charge is 0.0310 e. The molecule has 0 atom stereocenters. The van der Waals surface area contributed by atoms with Crippen LogP contribution in [0.2, 0.25) is 0 Å². The van der Waals surface area contributed by atoms with Crippen LogP contribution in [0, 0.1) is 5.41 Å². The van der Waals surface area contributed by atoms with E-state index in [9.17, 15) is 0 Å². The quantitative estimate of drug-likeness (QED) is 0.582. The highest BCUT2D eigenvalue weighted by atomic mass is 15.2. The van der Waals surface area contributed by atoms with Gasteiger partial charge in [-0.3, -0.25) is 0 Å². The standard InChI is InChI=1S/C10H20N2/c1-9(2)6-11-10(4-5-10)8-12(3)7-9/h11H,4-8H2,1-3H3. The largest absolute Gasteiger partial charge is 0.309 e. The molecule has 1 spiro atoms. The lowest BCUT2D eigenvalue weighted by atomic mass is 9.93. The van der Waals surface area contributed by atoms with Gasteiger partial charge in [0.15, 0.2) is 0 Å². The van der Waals surface area contributed by atoms with Crippen LogP contribution in [-0.4, -0.2) is 37.1 Å². The predicted octanol–water partition coefficient (Wildman–Crippen LogP) is 1.08. The third kappa shape index (κ3) is 1.64. The SMILES string of the molecule is CN1CC(C)(C)CNC2(CC2)C1. The van der Waals surface area contributed by atoms with Crippen molar-refractivity contribution in [3.63, 3.8) is 0 Å². The molecule has 12 heavy (non-hydrogen) atoms. The fraction of sp³-hybridized carbons (Fsp3) is 1.00. The van der Waals surface area contributed by atoms with Crippen molar-refractivity contribution >= 4 is 0 Å². The van der Waals surface area contributed by atoms with E-state index >= 15 is 0 Å². The summed E-state index contributed by atoms with van der Waals surface area (Å²) < 4.78 is 0. The van der Waals surface area contributed by atoms with Crippen molar-refractivity contribution in [3.05, 3.63) is 0 Å². The highest BCUT2D eigenvalue weighted by Gasteiger charge is 2.46. The van der Waals surface area contributed by atoms with Gasteiger partial charge in [-0.15, -0.1) is 0 Å². The van der Waals surface area contributed by atoms with Gasteiger partial charge in [-0.05, 0) is 25.3 Å². The van der Waals surface area contributed by atoms with E-state index in [1.165, 1.54) is 32.5 Å². The van der Waals surface area contributed by atoms with Crippen LogP contribution in [0.25, 0.3) is 0 Å². The first-order valence-corrected chi connectivity index (χ1v) is 4.95. The number of likely N-dealkylation sites (N-methyl/N-ethyl adjacent to an activating group) is 1. The van der Waals surface area contributed by atoms with Crippen molar-refractivity contribution in [1.29, 1.82) is 0 Å². The van der Waals surface area contributed by atoms with Gasteiger partial charge in [0.2, 0.25) is 0 Å². The number of nitrogens with one attached hydrogen (secondary N) is 1. The van der Waals surface area contributed by atoms with Crippen molar-refractivity contribution in [2.75, 3.05) is 26.7 Å². The summed E-state index contributed by atoms with van der Waals surface area (Å²) in [6.45, 7) is 8.34. The van der Waals surface area contributed by atoms with E-state index in [4.69, 9.17) is 0 Å². The van der Waals surface area contributed by atoms with Crippen LogP contribution in [0.4, 0.5) is 0 Å². The van der Waals surface area contributed by atoms with Gasteiger partial charge in [-0.25, -0.2) is 0 Å². The van der Waals surface area contributed by atoms with Crippen LogP contribution >= 0.6 is 0 Å². The number of rotatable bonds is 0. The second-order valence-electron chi connectivity index (χ2n) is 5.47. The Bertz CT molecular complexity index is 174. The maximum atomic E-state index is 3.71. The Morgan fingerprint density at radius 2 is 1.83 bits per heavy atom. The molecule has 0 bridgehead atoms. The van der Waals surface area contributed by atoms with Crippen LogP contribution < -0.4 is 5.32 Å². The Hall–Kier alpha value is -0.0800. The molecule has 2 rings (SSSR count). The molecule has 1 heterocycles. The molecular weight excluding hydrogens is 148 g/mol. The number of hydrogen-bond donors (Lipinski definition) is 1. The van der Waals surface area contributed by atoms with Gasteiger partial charge < -0.3 is 10.2 Å². The first-order valence-electron chi connectivity index (χ1n) is 4.95. The average molecular weight is 168 g/mol. The third-order valence-electron chi connectivity index (χ3n) is 3.07. The fourth-order valence-electron chi connectivity index (χ4n) is 2.33. The van der Waals surface area contributed by atoms with Gasteiger partial charge >= 0.3 is 0 Å². The lowest BCUT2D eigenvalue weighted by Crippen LogP contribution is -2.38. The van der Waals surface area contributed by atoms with E-state index in [0.29, 0.717) is 11.0 Å². The molecule has 1 saturated heterocycles. The fourth-order valence-corrected chi connectivity index (χ4v) is 2.33. The Morgan fingerprint density at radius 3 is 2.42 bits per heavy atom. The molecule has 2 aliphatic rings. The molecule has 1 N–H and O–H groups in total. The Kier molecular flexibility index (Phi) is 1.74. The van der Waals surface area contributed by atoms with Crippen molar-refractivity contribution in [2.45, 2.75) is 32.2 Å². The molecule has 0 radical (unpaired) electrons. The molecule has 0 amide bonds. The molecule has 0 unspecified atom stereocenters. The Labute approximate surface area is 75.3 Å². The predicted molar refractivity (Wildman–Crippen MR) is 51.2 cm³/mol. The summed E-state index contributed by atoms with van der Waals surface area (Å²) >= 11 is 0. The van der Waals surface area contributed by atoms with Gasteiger partial charge in [-0.2, -0.15) is 0 Å². The van der Waals surface area contributed by atoms with E-state index in [1.807, 2.05) is 0 Å². The summed E-state index contributed by atoms with van der Waals surface area (Å²) in [5.41, 5.74) is 0.962. The van der Waals surface area contributed by atoms with E-state index < -0.39 is 0 Å². The lowest BCUT2D eigenvalue weighted by Gasteiger charge is -2.25. The van der Waals surface area contributed by atoms with Crippen LogP contribution in [0.15, 0.2) is 0 Å². The van der Waals surface area contributed by atoms with Crippen molar-refractivity contribution in [2.24, 2.45) is 5.41 Å². The van der Waals surface area contributed by atoms with Gasteiger partial charge in [0.1, 0.15) is 0 Å². The first kappa shape index (κ1) is 8.52. The van der Waals surface area contributed by atoms with Gasteiger partial charge in [0, 0.05) is 25.2 Å². The molecule has 2 heteroatoms. The van der Waals surface area contributed by atoms with E-state index in [1.54, 1.807) is 0 Å². The summed E-state index contributed by atoms with van der Waals surface area (Å²) in [6.07, 6.45) is 2.76. The minimum absolute atomic E-state index is 0.445. The van der Waals surface area contributed by atoms with Gasteiger partial charge in [0.05, 0.1) is 0 Å². The second kappa shape index (κ2) is 2.46. The first-order chi connectivity index (χ1) is 5.52. The zero-order valence-corrected chi connectivity index (χ0v) is 8.48. The summed E-state index contributed by atoms with van der Waals surface area (Å²) in [5, 5.41) is 3.71. The summed E-state index contributed by atoms with van der Waals surface area (Å²) in [6, 6.07) is 0. The van der Waals surface area contributed by atoms with Crippen LogP contribution in [0.3, 0.4) is 0 Å². The third-order valence-corrected chi connectivity index (χ3v) is 3.07. The zero-order chi connectivity index (χ0) is 8.82. The van der Waals surface area contributed by atoms with E-state index in [0.717, 1.165) is 0 Å². The van der Waals surface area contributed by atoms with Crippen molar-refractivity contribution in [1.82, 2.24) is 10.2 Å². The molecule has 1 aliphatic carbocycles. The average Bonchev–Trinajstić information content (AvgIpc) is 2.64. The molecule has 2 nitrogen and oxygen atoms in total. The van der Waals surface area contributed by atoms with Gasteiger partial charge in [-0.1, -0.05) is 13.8 Å². The van der Waals surface area contributed by atoms with E-state index in [2.05, 4.69) is 31.1 Å². The number of hydrogen-bond acceptors (Lipinski definition) is 2. The molecular formula is C10H20N2. The Morgan fingerprint density at radius 1 is 1.17 bits per heavy atom. The van der Waals surface area contributed by atoms with Crippen molar-refractivity contribution < 1.29 is 0 Å². The topological polar surface area (TPSA) is 15.3 Å². The maximum Gasteiger partial charge on any atom is 0.0310 e. The lowest BCUT2D eigenvalue weighted by molar-refractivity contribution is 0.237. The minimum atomic E-state index is 0.445. The van der Waals surface area contributed by atoms with Crippen LogP contribution in [0.1, 0.15) is 26.7 Å². The molecule has 0 aromatic carbocycles. The molecule has 70 valence electrons. The zero-order valence-electron chi connectivity index (χ0n) is 8.48. The Balaban J connectivity index is 2.05. The molecule has 0 aromatic rings. The maximum absolute atomic E-state index is 3.71. The summed E-state index contributed by atoms with van der Waals surface area (Å²) in [5.74, 6) is 0. The van der Waals surface area contributed by atoms with Crippen LogP contribution in [-0.2, 0) is 0 Å². The highest BCUT2D eigenvalue weighted by Crippen LogP contribution is 2.38. The van der Waals surface area contributed by atoms with E-state index in [-0.39, 0.29) is 0 Å². The summed E-state index contributed by atoms with van der Waals surface area (Å²) in [4.78, 5) is 2.48. The highest BCUT2D eigenvalue weighted by molar-refractivity contribution is 5.06. The second-order valence-corrected chi connectivity index (χ2v) is 5.47. The van der Waals surface area contributed by atoms with Gasteiger partial charge in [0.25, 0.3) is 0 Å². The normalized spacial score (nSPS) is 33.2. The monoisotopic (exact) mass is 168 g/mol. The van der Waals surface area contributed by atoms with Crippen LogP contribution in [0.5, 0.6) is 0 Å². The number of nitrogens with zero attached hydrogens (tertiary/aromatic N) is 1. The minimum Gasteiger partial charge on any atom is -0.309 e. The summed E-state index contributed by atoms with van der Waals surface area (Å²) in [7, 11) is 2.24.